The number of rotatable bonds is 2. The Bertz CT molecular complexity index is 644. The fourth-order valence-corrected chi connectivity index (χ4v) is 3.40. The van der Waals surface area contributed by atoms with Gasteiger partial charge in [0.1, 0.15) is 11.5 Å². The molecule has 3 rings (SSSR count). The molecule has 1 aliphatic carbocycles. The molecule has 0 amide bonds. The predicted octanol–water partition coefficient (Wildman–Crippen LogP) is 2.84. The van der Waals surface area contributed by atoms with Crippen molar-refractivity contribution in [2.75, 3.05) is 5.43 Å². The number of hydrogen-bond donors (Lipinski definition) is 2. The highest BCUT2D eigenvalue weighted by molar-refractivity contribution is 9.11. The van der Waals surface area contributed by atoms with Gasteiger partial charge in [-0.15, -0.1) is 0 Å². The van der Waals surface area contributed by atoms with Crippen molar-refractivity contribution in [1.82, 2.24) is 15.0 Å². The fraction of sp³-hybridized carbons (Fsp3) is 0.250. The minimum atomic E-state index is 0.591. The Morgan fingerprint density at radius 1 is 1.21 bits per heavy atom. The van der Waals surface area contributed by atoms with Crippen molar-refractivity contribution in [3.05, 3.63) is 32.5 Å². The molecule has 0 saturated carbocycles. The van der Waals surface area contributed by atoms with Crippen LogP contribution in [0, 0.1) is 0 Å². The summed E-state index contributed by atoms with van der Waals surface area (Å²) >= 11 is 6.87. The Hall–Kier alpha value is -1.05. The van der Waals surface area contributed by atoms with Gasteiger partial charge in [0.05, 0.1) is 0 Å². The molecule has 0 saturated heterocycles. The summed E-state index contributed by atoms with van der Waals surface area (Å²) in [5, 5.41) is 0. The lowest BCUT2D eigenvalue weighted by atomic mass is 10.2. The van der Waals surface area contributed by atoms with Gasteiger partial charge >= 0.3 is 0 Å². The van der Waals surface area contributed by atoms with Crippen LogP contribution >= 0.6 is 31.9 Å². The normalized spacial score (nSPS) is 13.4. The number of anilines is 1. The maximum Gasteiger partial charge on any atom is 0.181 e. The zero-order valence-corrected chi connectivity index (χ0v) is 13.1. The molecule has 7 heteroatoms. The van der Waals surface area contributed by atoms with Gasteiger partial charge in [-0.2, -0.15) is 0 Å². The lowest BCUT2D eigenvalue weighted by Gasteiger charge is -2.09. The van der Waals surface area contributed by atoms with Gasteiger partial charge in [0.25, 0.3) is 0 Å². The molecule has 0 aliphatic heterocycles. The lowest BCUT2D eigenvalue weighted by molar-refractivity contribution is 0.899. The first-order chi connectivity index (χ1) is 9.19. The van der Waals surface area contributed by atoms with Crippen LogP contribution in [0.1, 0.15) is 17.7 Å². The molecule has 5 nitrogen and oxygen atoms in total. The summed E-state index contributed by atoms with van der Waals surface area (Å²) in [5.74, 6) is 6.85. The molecule has 0 spiro atoms. The van der Waals surface area contributed by atoms with E-state index in [9.17, 15) is 0 Å². The third-order valence-electron chi connectivity index (χ3n) is 3.09. The maximum atomic E-state index is 5.55. The van der Waals surface area contributed by atoms with E-state index in [1.54, 1.807) is 6.20 Å². The number of hydrazine groups is 1. The smallest absolute Gasteiger partial charge is 0.181 e. The topological polar surface area (TPSA) is 76.7 Å². The van der Waals surface area contributed by atoms with E-state index in [-0.39, 0.29) is 0 Å². The highest BCUT2D eigenvalue weighted by Gasteiger charge is 2.20. The van der Waals surface area contributed by atoms with Crippen LogP contribution in [0.2, 0.25) is 0 Å². The van der Waals surface area contributed by atoms with E-state index in [4.69, 9.17) is 5.84 Å². The first kappa shape index (κ1) is 13.0. The number of nitrogens with zero attached hydrogens (tertiary/aromatic N) is 3. The van der Waals surface area contributed by atoms with Crippen molar-refractivity contribution < 1.29 is 0 Å². The summed E-state index contributed by atoms with van der Waals surface area (Å²) in [6, 6.07) is 1.93. The van der Waals surface area contributed by atoms with Gasteiger partial charge in [0.15, 0.2) is 5.82 Å². The van der Waals surface area contributed by atoms with Gasteiger partial charge in [-0.1, -0.05) is 0 Å². The molecular weight excluding hydrogens is 374 g/mol. The van der Waals surface area contributed by atoms with Gasteiger partial charge in [-0.05, 0) is 57.2 Å². The summed E-state index contributed by atoms with van der Waals surface area (Å²) in [5.41, 5.74) is 5.57. The van der Waals surface area contributed by atoms with Crippen LogP contribution in [0.4, 0.5) is 5.82 Å². The Kier molecular flexibility index (Phi) is 3.51. The minimum absolute atomic E-state index is 0.591. The predicted molar refractivity (Wildman–Crippen MR) is 80.5 cm³/mol. The highest BCUT2D eigenvalue weighted by Crippen LogP contribution is 2.31. The molecule has 0 bridgehead atoms. The molecule has 2 aromatic rings. The minimum Gasteiger partial charge on any atom is -0.308 e. The van der Waals surface area contributed by atoms with Crippen molar-refractivity contribution in [3.8, 4) is 11.5 Å². The van der Waals surface area contributed by atoms with Crippen LogP contribution in [0.25, 0.3) is 11.5 Å². The second kappa shape index (κ2) is 5.15. The highest BCUT2D eigenvalue weighted by atomic mass is 79.9. The van der Waals surface area contributed by atoms with Crippen molar-refractivity contribution in [1.29, 1.82) is 0 Å². The Morgan fingerprint density at radius 2 is 2.05 bits per heavy atom. The largest absolute Gasteiger partial charge is 0.308 e. The van der Waals surface area contributed by atoms with Crippen LogP contribution in [-0.2, 0) is 12.8 Å². The molecule has 2 aromatic heterocycles. The molecule has 0 radical (unpaired) electrons. The van der Waals surface area contributed by atoms with Gasteiger partial charge in [0.2, 0.25) is 0 Å². The number of pyridine rings is 1. The number of nitrogen functional groups attached to an aromatic ring is 1. The Balaban J connectivity index is 2.15. The molecular formula is C12H11Br2N5. The molecule has 1 aliphatic rings. The van der Waals surface area contributed by atoms with Gasteiger partial charge < -0.3 is 5.43 Å². The van der Waals surface area contributed by atoms with Gasteiger partial charge in [-0.25, -0.2) is 15.8 Å². The standard InChI is InChI=1S/C12H11Br2N5/c13-6-4-8(14)10(16-5-6)12-17-9-3-1-2-7(9)11(18-12)19-15/h4-5H,1-3,15H2,(H,17,18,19). The zero-order chi connectivity index (χ0) is 13.4. The molecule has 19 heavy (non-hydrogen) atoms. The molecule has 2 heterocycles. The fourth-order valence-electron chi connectivity index (χ4n) is 2.24. The third kappa shape index (κ3) is 2.37. The second-order valence-electron chi connectivity index (χ2n) is 4.30. The van der Waals surface area contributed by atoms with E-state index in [1.165, 1.54) is 0 Å². The Labute approximate surface area is 127 Å². The molecule has 0 unspecified atom stereocenters. The molecule has 0 fully saturated rings. The van der Waals surface area contributed by atoms with E-state index in [0.717, 1.165) is 45.2 Å². The summed E-state index contributed by atoms with van der Waals surface area (Å²) in [6.45, 7) is 0. The quantitative estimate of drug-likeness (QED) is 0.614. The van der Waals surface area contributed by atoms with E-state index in [1.807, 2.05) is 6.07 Å². The second-order valence-corrected chi connectivity index (χ2v) is 6.07. The van der Waals surface area contributed by atoms with Gasteiger partial charge in [0, 0.05) is 26.4 Å². The van der Waals surface area contributed by atoms with E-state index in [2.05, 4.69) is 52.2 Å². The van der Waals surface area contributed by atoms with Crippen LogP contribution in [-0.4, -0.2) is 15.0 Å². The summed E-state index contributed by atoms with van der Waals surface area (Å²) in [7, 11) is 0. The average molecular weight is 385 g/mol. The summed E-state index contributed by atoms with van der Waals surface area (Å²) in [6.07, 6.45) is 4.76. The zero-order valence-electron chi connectivity index (χ0n) is 9.95. The van der Waals surface area contributed by atoms with Crippen LogP contribution < -0.4 is 11.3 Å². The van der Waals surface area contributed by atoms with Crippen molar-refractivity contribution in [2.45, 2.75) is 19.3 Å². The van der Waals surface area contributed by atoms with Crippen molar-refractivity contribution >= 4 is 37.7 Å². The number of fused-ring (bicyclic) bond motifs is 1. The lowest BCUT2D eigenvalue weighted by Crippen LogP contribution is -2.13. The molecule has 3 N–H and O–H groups in total. The average Bonchev–Trinajstić information content (AvgIpc) is 2.85. The summed E-state index contributed by atoms with van der Waals surface area (Å²) in [4.78, 5) is 13.4. The van der Waals surface area contributed by atoms with Gasteiger partial charge in [-0.3, -0.25) is 4.98 Å². The molecule has 0 aromatic carbocycles. The summed E-state index contributed by atoms with van der Waals surface area (Å²) < 4.78 is 1.75. The van der Waals surface area contributed by atoms with Crippen molar-refractivity contribution in [2.24, 2.45) is 5.84 Å². The van der Waals surface area contributed by atoms with Crippen LogP contribution in [0.3, 0.4) is 0 Å². The number of aryl methyl sites for hydroxylation is 1. The number of nitrogens with two attached hydrogens (primary N) is 1. The van der Waals surface area contributed by atoms with E-state index in [0.29, 0.717) is 11.6 Å². The maximum absolute atomic E-state index is 5.55. The number of halogens is 2. The SMILES string of the molecule is NNc1nc(-c2ncc(Br)cc2Br)nc2c1CCC2. The monoisotopic (exact) mass is 383 g/mol. The first-order valence-corrected chi connectivity index (χ1v) is 7.45. The van der Waals surface area contributed by atoms with E-state index >= 15 is 0 Å². The van der Waals surface area contributed by atoms with E-state index < -0.39 is 0 Å². The van der Waals surface area contributed by atoms with Crippen LogP contribution in [0.15, 0.2) is 21.2 Å². The number of aromatic nitrogens is 3. The van der Waals surface area contributed by atoms with Crippen LogP contribution in [0.5, 0.6) is 0 Å². The first-order valence-electron chi connectivity index (χ1n) is 5.87. The number of hydrogen-bond acceptors (Lipinski definition) is 5. The number of nitrogens with one attached hydrogen (secondary N) is 1. The Morgan fingerprint density at radius 3 is 2.79 bits per heavy atom. The molecule has 98 valence electrons. The third-order valence-corrected chi connectivity index (χ3v) is 4.13. The molecule has 0 atom stereocenters. The van der Waals surface area contributed by atoms with Crippen molar-refractivity contribution in [3.63, 3.8) is 0 Å².